The molecule has 0 aromatic carbocycles. The standard InChI is InChI=1S/C15H24N4S/c1-16-15(17-7-6-13-4-5-13)19-10-8-18(9-11-19)14-3-2-12-20-14/h2-3,12-13H,4-11H2,1H3,(H,16,17). The van der Waals surface area contributed by atoms with E-state index in [-0.39, 0.29) is 0 Å². The van der Waals surface area contributed by atoms with E-state index >= 15 is 0 Å². The van der Waals surface area contributed by atoms with Crippen LogP contribution in [0.4, 0.5) is 5.00 Å². The molecule has 1 N–H and O–H groups in total. The number of anilines is 1. The second kappa shape index (κ2) is 6.48. The molecule has 1 saturated heterocycles. The molecule has 3 rings (SSSR count). The van der Waals surface area contributed by atoms with E-state index in [2.05, 4.69) is 37.6 Å². The van der Waals surface area contributed by atoms with Crippen molar-refractivity contribution >= 4 is 22.3 Å². The van der Waals surface area contributed by atoms with Crippen molar-refractivity contribution in [2.24, 2.45) is 10.9 Å². The SMILES string of the molecule is CN=C(NCCC1CC1)N1CCN(c2cccs2)CC1. The maximum absolute atomic E-state index is 4.43. The summed E-state index contributed by atoms with van der Waals surface area (Å²) in [7, 11) is 1.89. The zero-order chi connectivity index (χ0) is 13.8. The first-order valence-corrected chi connectivity index (χ1v) is 8.49. The molecule has 5 heteroatoms. The third-order valence-electron chi connectivity index (χ3n) is 4.14. The first kappa shape index (κ1) is 13.7. The van der Waals surface area contributed by atoms with Gasteiger partial charge in [-0.05, 0) is 29.9 Å². The van der Waals surface area contributed by atoms with E-state index in [9.17, 15) is 0 Å². The van der Waals surface area contributed by atoms with Crippen LogP contribution in [0.2, 0.25) is 0 Å². The predicted molar refractivity (Wildman–Crippen MR) is 86.8 cm³/mol. The first-order valence-electron chi connectivity index (χ1n) is 7.61. The lowest BCUT2D eigenvalue weighted by Gasteiger charge is -2.37. The molecular formula is C15H24N4S. The van der Waals surface area contributed by atoms with Gasteiger partial charge >= 0.3 is 0 Å². The monoisotopic (exact) mass is 292 g/mol. The molecule has 0 atom stereocenters. The Balaban J connectivity index is 1.45. The highest BCUT2D eigenvalue weighted by atomic mass is 32.1. The van der Waals surface area contributed by atoms with Gasteiger partial charge in [0.15, 0.2) is 5.96 Å². The Morgan fingerprint density at radius 1 is 1.35 bits per heavy atom. The number of aliphatic imine (C=N–C) groups is 1. The lowest BCUT2D eigenvalue weighted by Crippen LogP contribution is -2.52. The molecule has 110 valence electrons. The van der Waals surface area contributed by atoms with E-state index in [1.165, 1.54) is 24.3 Å². The lowest BCUT2D eigenvalue weighted by atomic mass is 10.3. The van der Waals surface area contributed by atoms with Crippen LogP contribution in [-0.2, 0) is 0 Å². The van der Waals surface area contributed by atoms with Crippen LogP contribution in [0, 0.1) is 5.92 Å². The van der Waals surface area contributed by atoms with Crippen molar-refractivity contribution in [3.63, 3.8) is 0 Å². The predicted octanol–water partition coefficient (Wildman–Crippen LogP) is 2.25. The largest absolute Gasteiger partial charge is 0.360 e. The number of nitrogens with zero attached hydrogens (tertiary/aromatic N) is 3. The average molecular weight is 292 g/mol. The Morgan fingerprint density at radius 3 is 2.75 bits per heavy atom. The summed E-state index contributed by atoms with van der Waals surface area (Å²) in [6.07, 6.45) is 4.16. The minimum Gasteiger partial charge on any atom is -0.360 e. The van der Waals surface area contributed by atoms with Gasteiger partial charge in [-0.25, -0.2) is 0 Å². The number of piperazine rings is 1. The smallest absolute Gasteiger partial charge is 0.193 e. The second-order valence-electron chi connectivity index (χ2n) is 5.63. The number of guanidine groups is 1. The van der Waals surface area contributed by atoms with Crippen molar-refractivity contribution in [2.45, 2.75) is 19.3 Å². The third-order valence-corrected chi connectivity index (χ3v) is 5.07. The van der Waals surface area contributed by atoms with Gasteiger partial charge in [-0.2, -0.15) is 0 Å². The van der Waals surface area contributed by atoms with Gasteiger partial charge in [-0.1, -0.05) is 12.8 Å². The summed E-state index contributed by atoms with van der Waals surface area (Å²) in [5.41, 5.74) is 0. The summed E-state index contributed by atoms with van der Waals surface area (Å²) in [4.78, 5) is 9.29. The summed E-state index contributed by atoms with van der Waals surface area (Å²) in [5, 5.41) is 7.06. The van der Waals surface area contributed by atoms with Crippen LogP contribution < -0.4 is 10.2 Å². The van der Waals surface area contributed by atoms with Crippen LogP contribution in [-0.4, -0.2) is 50.6 Å². The molecule has 0 radical (unpaired) electrons. The van der Waals surface area contributed by atoms with Crippen LogP contribution in [0.5, 0.6) is 0 Å². The van der Waals surface area contributed by atoms with E-state index in [0.717, 1.165) is 44.6 Å². The molecule has 2 aliphatic rings. The highest BCUT2D eigenvalue weighted by Gasteiger charge is 2.22. The van der Waals surface area contributed by atoms with Crippen LogP contribution in [0.15, 0.2) is 22.5 Å². The lowest BCUT2D eigenvalue weighted by molar-refractivity contribution is 0.373. The van der Waals surface area contributed by atoms with Crippen molar-refractivity contribution in [1.82, 2.24) is 10.2 Å². The molecule has 2 heterocycles. The minimum atomic E-state index is 0.983. The van der Waals surface area contributed by atoms with Gasteiger partial charge in [0, 0.05) is 39.8 Å². The molecule has 0 unspecified atom stereocenters. The van der Waals surface area contributed by atoms with Crippen LogP contribution in [0.3, 0.4) is 0 Å². The van der Waals surface area contributed by atoms with Gasteiger partial charge in [0.2, 0.25) is 0 Å². The number of rotatable bonds is 4. The fourth-order valence-corrected chi connectivity index (χ4v) is 3.50. The minimum absolute atomic E-state index is 0.983. The molecule has 1 aliphatic heterocycles. The topological polar surface area (TPSA) is 30.9 Å². The summed E-state index contributed by atoms with van der Waals surface area (Å²) in [5.74, 6) is 2.06. The van der Waals surface area contributed by atoms with Gasteiger partial charge in [0.1, 0.15) is 0 Å². The van der Waals surface area contributed by atoms with Crippen molar-refractivity contribution in [3.8, 4) is 0 Å². The molecule has 1 saturated carbocycles. The second-order valence-corrected chi connectivity index (χ2v) is 6.56. The van der Waals surface area contributed by atoms with Crippen molar-refractivity contribution in [3.05, 3.63) is 17.5 Å². The molecule has 1 aromatic rings. The van der Waals surface area contributed by atoms with Crippen LogP contribution in [0.1, 0.15) is 19.3 Å². The third kappa shape index (κ3) is 3.45. The number of thiophene rings is 1. The van der Waals surface area contributed by atoms with Gasteiger partial charge < -0.3 is 15.1 Å². The summed E-state index contributed by atoms with van der Waals surface area (Å²) in [6.45, 7) is 5.36. The van der Waals surface area contributed by atoms with Crippen molar-refractivity contribution in [2.75, 3.05) is 44.7 Å². The molecule has 1 aliphatic carbocycles. The highest BCUT2D eigenvalue weighted by molar-refractivity contribution is 7.14. The van der Waals surface area contributed by atoms with E-state index in [0.29, 0.717) is 0 Å². The summed E-state index contributed by atoms with van der Waals surface area (Å²) < 4.78 is 0. The highest BCUT2D eigenvalue weighted by Crippen LogP contribution is 2.31. The Hall–Kier alpha value is -1.23. The summed E-state index contributed by atoms with van der Waals surface area (Å²) >= 11 is 1.83. The Kier molecular flexibility index (Phi) is 4.45. The van der Waals surface area contributed by atoms with Gasteiger partial charge in [0.05, 0.1) is 5.00 Å². The van der Waals surface area contributed by atoms with E-state index < -0.39 is 0 Å². The van der Waals surface area contributed by atoms with Gasteiger partial charge in [0.25, 0.3) is 0 Å². The quantitative estimate of drug-likeness (QED) is 0.682. The van der Waals surface area contributed by atoms with Gasteiger partial charge in [-0.3, -0.25) is 4.99 Å². The number of hydrogen-bond donors (Lipinski definition) is 1. The normalized spacial score (nSPS) is 20.4. The van der Waals surface area contributed by atoms with Crippen LogP contribution >= 0.6 is 11.3 Å². The maximum Gasteiger partial charge on any atom is 0.193 e. The fraction of sp³-hybridized carbons (Fsp3) is 0.667. The number of nitrogens with one attached hydrogen (secondary N) is 1. The fourth-order valence-electron chi connectivity index (χ4n) is 2.72. The molecule has 0 spiro atoms. The van der Waals surface area contributed by atoms with Crippen molar-refractivity contribution < 1.29 is 0 Å². The molecular weight excluding hydrogens is 268 g/mol. The van der Waals surface area contributed by atoms with Crippen molar-refractivity contribution in [1.29, 1.82) is 0 Å². The molecule has 1 aromatic heterocycles. The Morgan fingerprint density at radius 2 is 2.15 bits per heavy atom. The molecule has 2 fully saturated rings. The molecule has 4 nitrogen and oxygen atoms in total. The number of hydrogen-bond acceptors (Lipinski definition) is 3. The van der Waals surface area contributed by atoms with E-state index in [4.69, 9.17) is 0 Å². The van der Waals surface area contributed by atoms with E-state index in [1.54, 1.807) is 0 Å². The molecule has 0 bridgehead atoms. The van der Waals surface area contributed by atoms with Crippen LogP contribution in [0.25, 0.3) is 0 Å². The maximum atomic E-state index is 4.43. The first-order chi connectivity index (χ1) is 9.86. The average Bonchev–Trinajstić information content (AvgIpc) is 3.15. The Labute approximate surface area is 125 Å². The molecule has 20 heavy (non-hydrogen) atoms. The zero-order valence-electron chi connectivity index (χ0n) is 12.2. The zero-order valence-corrected chi connectivity index (χ0v) is 13.0. The Bertz CT molecular complexity index is 431. The summed E-state index contributed by atoms with van der Waals surface area (Å²) in [6, 6.07) is 4.34. The molecule has 0 amide bonds. The van der Waals surface area contributed by atoms with Gasteiger partial charge in [-0.15, -0.1) is 11.3 Å². The van der Waals surface area contributed by atoms with E-state index in [1.807, 2.05) is 18.4 Å².